The van der Waals surface area contributed by atoms with Crippen LogP contribution in [0.2, 0.25) is 0 Å². The molecule has 9 rings (SSSR count). The van der Waals surface area contributed by atoms with Crippen LogP contribution in [0.25, 0.3) is 66.8 Å². The fraction of sp³-hybridized carbons (Fsp3) is 0.100. The van der Waals surface area contributed by atoms with Crippen molar-refractivity contribution in [3.63, 3.8) is 0 Å². The van der Waals surface area contributed by atoms with E-state index in [1.165, 1.54) is 0 Å². The Morgan fingerprint density at radius 3 is 0.708 bits per heavy atom. The summed E-state index contributed by atoms with van der Waals surface area (Å²) >= 11 is 0. The van der Waals surface area contributed by atoms with Gasteiger partial charge in [0, 0.05) is 16.7 Å². The number of hydrogen-bond acceptors (Lipinski definition) is 4. The Balaban J connectivity index is 1.25. The fourth-order valence-corrected chi connectivity index (χ4v) is 10.0. The number of aryl methyl sites for hydroxylation is 6. The van der Waals surface area contributed by atoms with E-state index in [2.05, 4.69) is 133 Å². The van der Waals surface area contributed by atoms with Crippen LogP contribution < -0.4 is 13.6 Å². The van der Waals surface area contributed by atoms with E-state index in [1.807, 2.05) is 109 Å². The highest BCUT2D eigenvalue weighted by atomic mass is 31.2. The van der Waals surface area contributed by atoms with E-state index in [0.29, 0.717) is 17.2 Å². The first-order valence-electron chi connectivity index (χ1n) is 22.0. The lowest BCUT2D eigenvalue weighted by Crippen LogP contribution is -2.10. The molecular formula is C60H51O4P. The second-order valence-corrected chi connectivity index (χ2v) is 18.2. The number of benzene rings is 9. The molecule has 65 heavy (non-hydrogen) atoms. The zero-order chi connectivity index (χ0) is 45.1. The molecule has 0 radical (unpaired) electrons. The van der Waals surface area contributed by atoms with Gasteiger partial charge < -0.3 is 13.6 Å². The molecule has 5 heteroatoms. The summed E-state index contributed by atoms with van der Waals surface area (Å²) in [4.78, 5) is 0. The molecule has 0 heterocycles. The van der Waals surface area contributed by atoms with Crippen LogP contribution >= 0.6 is 7.82 Å². The van der Waals surface area contributed by atoms with Gasteiger partial charge >= 0.3 is 7.82 Å². The Labute approximate surface area is 383 Å². The van der Waals surface area contributed by atoms with E-state index in [9.17, 15) is 0 Å². The van der Waals surface area contributed by atoms with Gasteiger partial charge in [0.25, 0.3) is 0 Å². The maximum Gasteiger partial charge on any atom is 0.647 e. The molecule has 0 bridgehead atoms. The van der Waals surface area contributed by atoms with Gasteiger partial charge in [-0.05, 0) is 161 Å². The van der Waals surface area contributed by atoms with Crippen LogP contribution in [-0.2, 0) is 4.57 Å². The largest absolute Gasteiger partial charge is 0.647 e. The van der Waals surface area contributed by atoms with Crippen molar-refractivity contribution in [2.24, 2.45) is 0 Å². The average molecular weight is 867 g/mol. The molecule has 0 N–H and O–H groups in total. The highest BCUT2D eigenvalue weighted by Gasteiger charge is 2.37. The monoisotopic (exact) mass is 866 g/mol. The predicted molar refractivity (Wildman–Crippen MR) is 270 cm³/mol. The molecule has 9 aromatic rings. The number of hydrogen-bond donors (Lipinski definition) is 0. The van der Waals surface area contributed by atoms with Crippen LogP contribution in [0.3, 0.4) is 0 Å². The topological polar surface area (TPSA) is 44.8 Å². The first-order chi connectivity index (χ1) is 31.5. The Bertz CT molecular complexity index is 2910. The van der Waals surface area contributed by atoms with Crippen LogP contribution in [0.15, 0.2) is 200 Å². The Hall–Kier alpha value is -7.39. The minimum atomic E-state index is -4.66. The predicted octanol–water partition coefficient (Wildman–Crippen LogP) is 17.2. The van der Waals surface area contributed by atoms with Crippen LogP contribution in [0, 0.1) is 41.5 Å². The van der Waals surface area contributed by atoms with Crippen LogP contribution in [0.5, 0.6) is 17.2 Å². The summed E-state index contributed by atoms with van der Waals surface area (Å²) in [6.45, 7) is 12.5. The minimum absolute atomic E-state index is 0.364. The Morgan fingerprint density at radius 1 is 0.262 bits per heavy atom. The summed E-state index contributed by atoms with van der Waals surface area (Å²) in [6, 6.07) is 67.4. The van der Waals surface area contributed by atoms with Gasteiger partial charge in [-0.1, -0.05) is 164 Å². The summed E-state index contributed by atoms with van der Waals surface area (Å²) in [5.41, 5.74) is 18.0. The summed E-state index contributed by atoms with van der Waals surface area (Å²) in [6.07, 6.45) is 0. The Kier molecular flexibility index (Phi) is 12.1. The molecule has 0 unspecified atom stereocenters. The first kappa shape index (κ1) is 42.9. The van der Waals surface area contributed by atoms with Gasteiger partial charge in [0.1, 0.15) is 17.2 Å². The number of phosphoric ester groups is 1. The lowest BCUT2D eigenvalue weighted by atomic mass is 9.94. The maximum atomic E-state index is 16.3. The van der Waals surface area contributed by atoms with Gasteiger partial charge in [-0.2, -0.15) is 4.57 Å². The van der Waals surface area contributed by atoms with E-state index in [-0.39, 0.29) is 0 Å². The molecule has 0 aliphatic rings. The number of rotatable bonds is 12. The zero-order valence-corrected chi connectivity index (χ0v) is 38.5. The van der Waals surface area contributed by atoms with Crippen molar-refractivity contribution in [1.82, 2.24) is 0 Å². The molecule has 0 atom stereocenters. The quantitative estimate of drug-likeness (QED) is 0.115. The van der Waals surface area contributed by atoms with Crippen molar-refractivity contribution >= 4 is 7.82 Å². The van der Waals surface area contributed by atoms with Gasteiger partial charge in [-0.15, -0.1) is 0 Å². The van der Waals surface area contributed by atoms with Crippen molar-refractivity contribution in [3.05, 3.63) is 234 Å². The Morgan fingerprint density at radius 2 is 0.477 bits per heavy atom. The lowest BCUT2D eigenvalue weighted by molar-refractivity contribution is 0.299. The van der Waals surface area contributed by atoms with Crippen molar-refractivity contribution < 1.29 is 18.1 Å². The fourth-order valence-electron chi connectivity index (χ4n) is 8.70. The van der Waals surface area contributed by atoms with E-state index >= 15 is 4.57 Å². The smallest absolute Gasteiger partial charge is 0.385 e. The normalized spacial score (nSPS) is 11.3. The van der Waals surface area contributed by atoms with E-state index < -0.39 is 7.82 Å². The standard InChI is InChI=1S/C60H51O4P/c1-40-19-7-13-25-49(40)46-31-34-58(55(37-46)52-28-16-10-22-43(52)4)62-65(61,63-59-35-32-47(50-26-14-8-20-41(50)2)38-56(59)53-29-17-11-23-44(53)5)64-60-36-33-48(51-27-15-9-21-42(51)3)39-57(60)54-30-18-12-24-45(54)6/h7-39H,1-6H3. The minimum Gasteiger partial charge on any atom is -0.385 e. The van der Waals surface area contributed by atoms with Crippen molar-refractivity contribution in [2.75, 3.05) is 0 Å². The van der Waals surface area contributed by atoms with Crippen LogP contribution in [0.4, 0.5) is 0 Å². The van der Waals surface area contributed by atoms with Gasteiger partial charge in [-0.3, -0.25) is 0 Å². The van der Waals surface area contributed by atoms with E-state index in [1.54, 1.807) is 0 Å². The molecule has 320 valence electrons. The second kappa shape index (κ2) is 18.4. The van der Waals surface area contributed by atoms with Gasteiger partial charge in [0.15, 0.2) is 0 Å². The first-order valence-corrected chi connectivity index (χ1v) is 23.5. The SMILES string of the molecule is Cc1ccccc1-c1ccc(OP(=O)(Oc2ccc(-c3ccccc3C)cc2-c2ccccc2C)Oc2ccc(-c3ccccc3C)cc2-c2ccccc2C)c(-c2ccccc2C)c1. The molecule has 4 nitrogen and oxygen atoms in total. The second-order valence-electron chi connectivity index (χ2n) is 16.7. The summed E-state index contributed by atoms with van der Waals surface area (Å²) < 4.78 is 37.0. The molecule has 0 aliphatic heterocycles. The molecular weight excluding hydrogens is 816 g/mol. The zero-order valence-electron chi connectivity index (χ0n) is 37.6. The third kappa shape index (κ3) is 9.05. The lowest BCUT2D eigenvalue weighted by Gasteiger charge is -2.25. The highest BCUT2D eigenvalue weighted by Crippen LogP contribution is 2.56. The van der Waals surface area contributed by atoms with Crippen molar-refractivity contribution in [1.29, 1.82) is 0 Å². The molecule has 0 spiro atoms. The maximum absolute atomic E-state index is 16.3. The molecule has 9 aromatic carbocycles. The van der Waals surface area contributed by atoms with Crippen molar-refractivity contribution in [2.45, 2.75) is 41.5 Å². The molecule has 0 aromatic heterocycles. The van der Waals surface area contributed by atoms with Crippen LogP contribution in [-0.4, -0.2) is 0 Å². The third-order valence-corrected chi connectivity index (χ3v) is 13.5. The molecule has 0 saturated carbocycles. The van der Waals surface area contributed by atoms with Gasteiger partial charge in [-0.25, -0.2) is 0 Å². The van der Waals surface area contributed by atoms with Gasteiger partial charge in [0.2, 0.25) is 0 Å². The summed E-state index contributed by atoms with van der Waals surface area (Å²) in [5, 5.41) is 0. The molecule has 0 fully saturated rings. The summed E-state index contributed by atoms with van der Waals surface area (Å²) in [5.74, 6) is 1.09. The number of phosphoric acid groups is 1. The van der Waals surface area contributed by atoms with Crippen LogP contribution in [0.1, 0.15) is 33.4 Å². The highest BCUT2D eigenvalue weighted by molar-refractivity contribution is 7.49. The third-order valence-electron chi connectivity index (χ3n) is 12.2. The average Bonchev–Trinajstić information content (AvgIpc) is 3.31. The molecule has 0 aliphatic carbocycles. The van der Waals surface area contributed by atoms with Gasteiger partial charge in [0.05, 0.1) is 0 Å². The molecule has 0 saturated heterocycles. The van der Waals surface area contributed by atoms with E-state index in [0.717, 1.165) is 100 Å². The van der Waals surface area contributed by atoms with E-state index in [4.69, 9.17) is 13.6 Å². The molecule has 0 amide bonds. The van der Waals surface area contributed by atoms with Crippen molar-refractivity contribution in [3.8, 4) is 84.0 Å². The summed E-state index contributed by atoms with van der Waals surface area (Å²) in [7, 11) is -4.66.